The van der Waals surface area contributed by atoms with E-state index in [9.17, 15) is 10.2 Å². The van der Waals surface area contributed by atoms with Crippen molar-refractivity contribution in [1.82, 2.24) is 4.90 Å². The molecule has 1 aliphatic heterocycles. The summed E-state index contributed by atoms with van der Waals surface area (Å²) in [5, 5.41) is 21.7. The summed E-state index contributed by atoms with van der Waals surface area (Å²) in [6.45, 7) is 11.1. The molecule has 2 N–H and O–H groups in total. The molecule has 3 nitrogen and oxygen atoms in total. The molecular formula is C28H47NO2. The average molecular weight is 430 g/mol. The van der Waals surface area contributed by atoms with Crippen LogP contribution in [0.4, 0.5) is 0 Å². The molecule has 0 bridgehead atoms. The maximum absolute atomic E-state index is 11.5. The van der Waals surface area contributed by atoms with Crippen LogP contribution < -0.4 is 0 Å². The third kappa shape index (κ3) is 3.39. The first-order chi connectivity index (χ1) is 14.6. The number of hydrogen-bond donors (Lipinski definition) is 2. The van der Waals surface area contributed by atoms with Gasteiger partial charge in [-0.05, 0) is 111 Å². The third-order valence-electron chi connectivity index (χ3n) is 11.5. The second kappa shape index (κ2) is 7.84. The zero-order valence-corrected chi connectivity index (χ0v) is 20.7. The predicted octanol–water partition coefficient (Wildman–Crippen LogP) is 5.26. The van der Waals surface area contributed by atoms with Gasteiger partial charge in [0.2, 0.25) is 0 Å². The molecule has 3 heteroatoms. The highest BCUT2D eigenvalue weighted by Crippen LogP contribution is 2.67. The van der Waals surface area contributed by atoms with E-state index in [-0.39, 0.29) is 23.0 Å². The molecule has 4 unspecified atom stereocenters. The molecule has 11 atom stereocenters. The normalized spacial score (nSPS) is 53.8. The lowest BCUT2D eigenvalue weighted by atomic mass is 9.47. The van der Waals surface area contributed by atoms with E-state index in [1.54, 1.807) is 5.57 Å². The molecule has 0 spiro atoms. The van der Waals surface area contributed by atoms with Gasteiger partial charge in [-0.2, -0.15) is 0 Å². The molecule has 4 aliphatic carbocycles. The van der Waals surface area contributed by atoms with E-state index in [1.807, 2.05) is 0 Å². The fourth-order valence-corrected chi connectivity index (χ4v) is 9.94. The maximum atomic E-state index is 11.5. The van der Waals surface area contributed by atoms with E-state index in [4.69, 9.17) is 0 Å². The average Bonchev–Trinajstić information content (AvgIpc) is 2.98. The first kappa shape index (κ1) is 22.4. The summed E-state index contributed by atoms with van der Waals surface area (Å²) in [5.41, 5.74) is 2.12. The van der Waals surface area contributed by atoms with Crippen molar-refractivity contribution < 1.29 is 10.2 Å². The Kier molecular flexibility index (Phi) is 5.67. The van der Waals surface area contributed by atoms with E-state index in [0.29, 0.717) is 23.8 Å². The fourth-order valence-electron chi connectivity index (χ4n) is 9.94. The summed E-state index contributed by atoms with van der Waals surface area (Å²) < 4.78 is 0. The van der Waals surface area contributed by atoms with Gasteiger partial charge in [-0.25, -0.2) is 0 Å². The SMILES string of the molecule is CC1CCC(C(C)C2[C@@H](O)C[C@H]3[C@@H]4CC=C5C[C@@H](O)CC[C@]5(C)[C@H]4CC[C@]23C)N(C)C1. The van der Waals surface area contributed by atoms with Crippen LogP contribution in [-0.2, 0) is 0 Å². The largest absolute Gasteiger partial charge is 0.393 e. The van der Waals surface area contributed by atoms with Crippen LogP contribution in [0.15, 0.2) is 11.6 Å². The molecule has 0 aromatic carbocycles. The molecule has 31 heavy (non-hydrogen) atoms. The minimum Gasteiger partial charge on any atom is -0.393 e. The quantitative estimate of drug-likeness (QED) is 0.588. The van der Waals surface area contributed by atoms with E-state index >= 15 is 0 Å². The molecule has 0 aromatic rings. The number of hydrogen-bond acceptors (Lipinski definition) is 3. The highest BCUT2D eigenvalue weighted by Gasteiger charge is 2.62. The van der Waals surface area contributed by atoms with Crippen molar-refractivity contribution in [3.05, 3.63) is 11.6 Å². The summed E-state index contributed by atoms with van der Waals surface area (Å²) in [6, 6.07) is 0.624. The summed E-state index contributed by atoms with van der Waals surface area (Å²) >= 11 is 0. The van der Waals surface area contributed by atoms with Crippen molar-refractivity contribution in [3.8, 4) is 0 Å². The second-order valence-corrected chi connectivity index (χ2v) is 13.1. The van der Waals surface area contributed by atoms with Gasteiger partial charge in [0.15, 0.2) is 0 Å². The maximum Gasteiger partial charge on any atom is 0.0579 e. The van der Waals surface area contributed by atoms with Gasteiger partial charge in [-0.1, -0.05) is 39.3 Å². The van der Waals surface area contributed by atoms with Crippen LogP contribution in [0.1, 0.15) is 85.5 Å². The lowest BCUT2D eigenvalue weighted by molar-refractivity contribution is -0.0725. The number of allylic oxidation sites excluding steroid dienone is 1. The van der Waals surface area contributed by atoms with Crippen molar-refractivity contribution in [1.29, 1.82) is 0 Å². The lowest BCUT2D eigenvalue weighted by Gasteiger charge is -2.58. The minimum atomic E-state index is -0.136. The Morgan fingerprint density at radius 3 is 2.58 bits per heavy atom. The number of aliphatic hydroxyl groups excluding tert-OH is 2. The zero-order chi connectivity index (χ0) is 22.1. The molecular weight excluding hydrogens is 382 g/mol. The Morgan fingerprint density at radius 2 is 1.84 bits per heavy atom. The molecule has 5 rings (SSSR count). The number of rotatable bonds is 2. The topological polar surface area (TPSA) is 43.7 Å². The Morgan fingerprint density at radius 1 is 1.06 bits per heavy atom. The smallest absolute Gasteiger partial charge is 0.0579 e. The van der Waals surface area contributed by atoms with Crippen molar-refractivity contribution in [2.75, 3.05) is 13.6 Å². The van der Waals surface area contributed by atoms with Gasteiger partial charge in [-0.15, -0.1) is 0 Å². The standard InChI is InChI=1S/C28H47NO2/c1-17-6-9-24(29(5)16-17)18(2)26-25(31)15-23-21-8-7-19-14-20(30)10-12-27(19,3)22(21)11-13-28(23,26)4/h7,17-18,20-26,30-31H,6,8-16H2,1-5H3/t17?,18?,20-,21+,22-,23-,24?,25-,26?,27-,28-/m0/s1. The van der Waals surface area contributed by atoms with Gasteiger partial charge >= 0.3 is 0 Å². The summed E-state index contributed by atoms with van der Waals surface area (Å²) in [5.74, 6) is 3.93. The first-order valence-corrected chi connectivity index (χ1v) is 13.4. The molecule has 1 saturated heterocycles. The van der Waals surface area contributed by atoms with Crippen molar-refractivity contribution >= 4 is 0 Å². The van der Waals surface area contributed by atoms with Gasteiger partial charge in [-0.3, -0.25) is 0 Å². The molecule has 0 aromatic heterocycles. The van der Waals surface area contributed by atoms with Gasteiger partial charge in [0.1, 0.15) is 0 Å². The highest BCUT2D eigenvalue weighted by atomic mass is 16.3. The van der Waals surface area contributed by atoms with E-state index in [0.717, 1.165) is 43.4 Å². The number of piperidine rings is 1. The van der Waals surface area contributed by atoms with E-state index in [2.05, 4.69) is 45.7 Å². The Balaban J connectivity index is 1.40. The van der Waals surface area contributed by atoms with Crippen molar-refractivity contribution in [2.45, 2.75) is 104 Å². The minimum absolute atomic E-state index is 0.126. The molecule has 5 aliphatic rings. The van der Waals surface area contributed by atoms with Crippen LogP contribution in [-0.4, -0.2) is 47.0 Å². The molecule has 0 amide bonds. The Bertz CT molecular complexity index is 720. The molecule has 4 fully saturated rings. The molecule has 176 valence electrons. The predicted molar refractivity (Wildman–Crippen MR) is 127 cm³/mol. The van der Waals surface area contributed by atoms with Gasteiger partial charge < -0.3 is 15.1 Å². The number of aliphatic hydroxyl groups is 2. The summed E-state index contributed by atoms with van der Waals surface area (Å²) in [7, 11) is 2.32. The van der Waals surface area contributed by atoms with Crippen LogP contribution in [0.25, 0.3) is 0 Å². The van der Waals surface area contributed by atoms with Crippen LogP contribution >= 0.6 is 0 Å². The van der Waals surface area contributed by atoms with Crippen LogP contribution in [0, 0.1) is 46.3 Å². The highest BCUT2D eigenvalue weighted by molar-refractivity contribution is 5.25. The molecule has 0 radical (unpaired) electrons. The third-order valence-corrected chi connectivity index (χ3v) is 11.5. The lowest BCUT2D eigenvalue weighted by Crippen LogP contribution is -2.53. The fraction of sp³-hybridized carbons (Fsp3) is 0.929. The van der Waals surface area contributed by atoms with Crippen LogP contribution in [0.3, 0.4) is 0 Å². The first-order valence-electron chi connectivity index (χ1n) is 13.4. The van der Waals surface area contributed by atoms with E-state index in [1.165, 1.54) is 38.6 Å². The van der Waals surface area contributed by atoms with Gasteiger partial charge in [0, 0.05) is 12.6 Å². The van der Waals surface area contributed by atoms with Crippen LogP contribution in [0.5, 0.6) is 0 Å². The summed E-state index contributed by atoms with van der Waals surface area (Å²) in [4.78, 5) is 2.61. The summed E-state index contributed by atoms with van der Waals surface area (Å²) in [6.07, 6.45) is 12.7. The monoisotopic (exact) mass is 429 g/mol. The van der Waals surface area contributed by atoms with Gasteiger partial charge in [0.25, 0.3) is 0 Å². The second-order valence-electron chi connectivity index (χ2n) is 13.1. The molecule has 1 heterocycles. The Labute approximate surface area is 190 Å². The van der Waals surface area contributed by atoms with Crippen molar-refractivity contribution in [2.24, 2.45) is 46.3 Å². The van der Waals surface area contributed by atoms with Crippen LogP contribution in [0.2, 0.25) is 0 Å². The van der Waals surface area contributed by atoms with Crippen molar-refractivity contribution in [3.63, 3.8) is 0 Å². The zero-order valence-electron chi connectivity index (χ0n) is 20.7. The molecule has 3 saturated carbocycles. The number of nitrogens with zero attached hydrogens (tertiary/aromatic N) is 1. The number of likely N-dealkylation sites (tertiary alicyclic amines) is 1. The number of fused-ring (bicyclic) bond motifs is 5. The van der Waals surface area contributed by atoms with Gasteiger partial charge in [0.05, 0.1) is 12.2 Å². The Hall–Kier alpha value is -0.380. The van der Waals surface area contributed by atoms with E-state index < -0.39 is 0 Å².